The van der Waals surface area contributed by atoms with E-state index < -0.39 is 0 Å². The Kier molecular flexibility index (Phi) is 4.56. The Bertz CT molecular complexity index is 316. The van der Waals surface area contributed by atoms with E-state index in [2.05, 4.69) is 10.3 Å². The summed E-state index contributed by atoms with van der Waals surface area (Å²) in [6.07, 6.45) is 3.20. The van der Waals surface area contributed by atoms with Crippen LogP contribution in [0.1, 0.15) is 24.2 Å². The largest absolute Gasteiger partial charge is 0.349 e. The number of rotatable bonds is 4. The summed E-state index contributed by atoms with van der Waals surface area (Å²) in [7, 11) is 0. The monoisotopic (exact) mass is 226 g/mol. The van der Waals surface area contributed by atoms with E-state index in [1.54, 1.807) is 24.5 Å². The summed E-state index contributed by atoms with van der Waals surface area (Å²) in [6, 6.07) is 3.45. The van der Waals surface area contributed by atoms with Crippen molar-refractivity contribution in [1.82, 2.24) is 10.3 Å². The number of nitrogens with zero attached hydrogens (tertiary/aromatic N) is 1. The molecule has 0 aliphatic heterocycles. The molecule has 1 N–H and O–H groups in total. The van der Waals surface area contributed by atoms with E-state index >= 15 is 0 Å². The molecule has 1 aromatic heterocycles. The van der Waals surface area contributed by atoms with Crippen molar-refractivity contribution in [3.8, 4) is 0 Å². The summed E-state index contributed by atoms with van der Waals surface area (Å²) in [4.78, 5) is 15.6. The molecule has 1 heterocycles. The van der Waals surface area contributed by atoms with Gasteiger partial charge in [0.15, 0.2) is 0 Å². The maximum Gasteiger partial charge on any atom is 0.251 e. The zero-order chi connectivity index (χ0) is 11.3. The van der Waals surface area contributed by atoms with Crippen LogP contribution in [0, 0.1) is 5.92 Å². The van der Waals surface area contributed by atoms with E-state index in [1.807, 2.05) is 13.8 Å². The lowest BCUT2D eigenvalue weighted by Gasteiger charge is -2.18. The van der Waals surface area contributed by atoms with Crippen LogP contribution in [0.25, 0.3) is 0 Å². The van der Waals surface area contributed by atoms with E-state index in [0.717, 1.165) is 0 Å². The van der Waals surface area contributed by atoms with Crippen LogP contribution in [0.5, 0.6) is 0 Å². The maximum atomic E-state index is 11.7. The first-order valence-electron chi connectivity index (χ1n) is 4.92. The van der Waals surface area contributed by atoms with E-state index in [4.69, 9.17) is 11.6 Å². The van der Waals surface area contributed by atoms with E-state index in [0.29, 0.717) is 11.4 Å². The summed E-state index contributed by atoms with van der Waals surface area (Å²) in [5, 5.41) is 2.90. The Morgan fingerprint density at radius 3 is 2.60 bits per heavy atom. The molecule has 82 valence electrons. The van der Waals surface area contributed by atoms with Crippen LogP contribution < -0.4 is 5.32 Å². The zero-order valence-corrected chi connectivity index (χ0v) is 9.66. The van der Waals surface area contributed by atoms with Gasteiger partial charge < -0.3 is 5.32 Å². The minimum absolute atomic E-state index is 0.0724. The van der Waals surface area contributed by atoms with Crippen LogP contribution in [0.2, 0.25) is 0 Å². The lowest BCUT2D eigenvalue weighted by Crippen LogP contribution is -2.37. The van der Waals surface area contributed by atoms with Gasteiger partial charge in [-0.2, -0.15) is 0 Å². The highest BCUT2D eigenvalue weighted by molar-refractivity contribution is 6.18. The molecule has 2 unspecified atom stereocenters. The highest BCUT2D eigenvalue weighted by atomic mass is 35.5. The lowest BCUT2D eigenvalue weighted by molar-refractivity contribution is 0.0931. The van der Waals surface area contributed by atoms with Crippen molar-refractivity contribution in [1.29, 1.82) is 0 Å². The Morgan fingerprint density at radius 2 is 2.07 bits per heavy atom. The van der Waals surface area contributed by atoms with Crippen molar-refractivity contribution >= 4 is 17.5 Å². The molecule has 1 aromatic rings. The number of pyridine rings is 1. The van der Waals surface area contributed by atoms with Gasteiger partial charge in [0, 0.05) is 29.9 Å². The van der Waals surface area contributed by atoms with Gasteiger partial charge in [0.1, 0.15) is 0 Å². The molecule has 0 spiro atoms. The van der Waals surface area contributed by atoms with Crippen molar-refractivity contribution in [2.45, 2.75) is 19.9 Å². The van der Waals surface area contributed by atoms with Crippen molar-refractivity contribution in [3.63, 3.8) is 0 Å². The third-order valence-corrected chi connectivity index (χ3v) is 2.88. The normalized spacial score (nSPS) is 14.3. The van der Waals surface area contributed by atoms with Gasteiger partial charge in [0.25, 0.3) is 5.91 Å². The van der Waals surface area contributed by atoms with Crippen LogP contribution >= 0.6 is 11.6 Å². The zero-order valence-electron chi connectivity index (χ0n) is 8.90. The molecule has 2 atom stereocenters. The molecule has 0 bridgehead atoms. The van der Waals surface area contributed by atoms with Crippen molar-refractivity contribution in [3.05, 3.63) is 30.1 Å². The number of alkyl halides is 1. The van der Waals surface area contributed by atoms with Crippen LogP contribution in [0.3, 0.4) is 0 Å². The molecule has 4 heteroatoms. The van der Waals surface area contributed by atoms with Crippen LogP contribution in [-0.2, 0) is 0 Å². The minimum Gasteiger partial charge on any atom is -0.349 e. The Morgan fingerprint density at radius 1 is 1.47 bits per heavy atom. The number of carbonyl (C=O) groups excluding carboxylic acids is 1. The van der Waals surface area contributed by atoms with Gasteiger partial charge in [-0.3, -0.25) is 9.78 Å². The number of amides is 1. The predicted octanol–water partition coefficient (Wildman–Crippen LogP) is 2.07. The molecule has 0 aliphatic carbocycles. The third kappa shape index (κ3) is 3.51. The van der Waals surface area contributed by atoms with Gasteiger partial charge in [-0.1, -0.05) is 6.92 Å². The molecule has 15 heavy (non-hydrogen) atoms. The molecule has 0 fully saturated rings. The second-order valence-electron chi connectivity index (χ2n) is 3.63. The Labute approximate surface area is 94.9 Å². The van der Waals surface area contributed by atoms with Crippen molar-refractivity contribution < 1.29 is 4.79 Å². The third-order valence-electron chi connectivity index (χ3n) is 2.40. The molecule has 0 saturated carbocycles. The fraction of sp³-hybridized carbons (Fsp3) is 0.455. The average molecular weight is 227 g/mol. The molecule has 0 radical (unpaired) electrons. The fourth-order valence-electron chi connectivity index (χ4n) is 1.07. The number of hydrogen-bond acceptors (Lipinski definition) is 2. The quantitative estimate of drug-likeness (QED) is 0.799. The first-order valence-corrected chi connectivity index (χ1v) is 5.45. The Hall–Kier alpha value is -1.09. The first kappa shape index (κ1) is 12.0. The second kappa shape index (κ2) is 5.71. The molecule has 1 amide bonds. The van der Waals surface area contributed by atoms with E-state index in [-0.39, 0.29) is 17.9 Å². The second-order valence-corrected chi connectivity index (χ2v) is 3.94. The standard InChI is InChI=1S/C11H15ClN2O/c1-8(7-12)9(2)14-11(15)10-3-5-13-6-4-10/h3-6,8-9H,7H2,1-2H3,(H,14,15). The molecular formula is C11H15ClN2O. The van der Waals surface area contributed by atoms with E-state index in [1.165, 1.54) is 0 Å². The SMILES string of the molecule is CC(CCl)C(C)NC(=O)c1ccncc1. The summed E-state index contributed by atoms with van der Waals surface area (Å²) in [5.41, 5.74) is 0.624. The topological polar surface area (TPSA) is 42.0 Å². The fourth-order valence-corrected chi connectivity index (χ4v) is 1.34. The summed E-state index contributed by atoms with van der Waals surface area (Å²) < 4.78 is 0. The maximum absolute atomic E-state index is 11.7. The molecule has 0 aliphatic rings. The first-order chi connectivity index (χ1) is 7.15. The van der Waals surface area contributed by atoms with Crippen LogP contribution in [0.4, 0.5) is 0 Å². The molecular weight excluding hydrogens is 212 g/mol. The van der Waals surface area contributed by atoms with Gasteiger partial charge in [0.2, 0.25) is 0 Å². The number of halogens is 1. The Balaban J connectivity index is 2.57. The van der Waals surface area contributed by atoms with Gasteiger partial charge >= 0.3 is 0 Å². The molecule has 3 nitrogen and oxygen atoms in total. The summed E-state index contributed by atoms with van der Waals surface area (Å²) in [6.45, 7) is 3.95. The number of nitrogens with one attached hydrogen (secondary N) is 1. The summed E-state index contributed by atoms with van der Waals surface area (Å²) in [5.74, 6) is 0.719. The van der Waals surface area contributed by atoms with Gasteiger partial charge in [-0.15, -0.1) is 11.6 Å². The summed E-state index contributed by atoms with van der Waals surface area (Å²) >= 11 is 5.72. The predicted molar refractivity (Wildman–Crippen MR) is 61.0 cm³/mol. The number of carbonyl (C=O) groups is 1. The smallest absolute Gasteiger partial charge is 0.251 e. The van der Waals surface area contributed by atoms with E-state index in [9.17, 15) is 4.79 Å². The molecule has 0 saturated heterocycles. The highest BCUT2D eigenvalue weighted by Gasteiger charge is 2.14. The van der Waals surface area contributed by atoms with Gasteiger partial charge in [-0.25, -0.2) is 0 Å². The molecule has 0 aromatic carbocycles. The van der Waals surface area contributed by atoms with Crippen LogP contribution in [-0.4, -0.2) is 22.8 Å². The van der Waals surface area contributed by atoms with Crippen LogP contribution in [0.15, 0.2) is 24.5 Å². The minimum atomic E-state index is -0.0816. The van der Waals surface area contributed by atoms with Crippen molar-refractivity contribution in [2.24, 2.45) is 5.92 Å². The van der Waals surface area contributed by atoms with Gasteiger partial charge in [-0.05, 0) is 25.0 Å². The average Bonchev–Trinajstić information content (AvgIpc) is 2.29. The highest BCUT2D eigenvalue weighted by Crippen LogP contribution is 2.06. The van der Waals surface area contributed by atoms with Gasteiger partial charge in [0.05, 0.1) is 0 Å². The number of hydrogen-bond donors (Lipinski definition) is 1. The molecule has 1 rings (SSSR count). The van der Waals surface area contributed by atoms with Crippen molar-refractivity contribution in [2.75, 3.05) is 5.88 Å². The number of aromatic nitrogens is 1. The lowest BCUT2D eigenvalue weighted by atomic mass is 10.1.